The molecule has 0 aromatic heterocycles. The molecule has 1 aromatic rings. The van der Waals surface area contributed by atoms with Crippen LogP contribution in [0.3, 0.4) is 0 Å². The topological polar surface area (TPSA) is 50.4 Å². The summed E-state index contributed by atoms with van der Waals surface area (Å²) < 4.78 is 5.53. The zero-order valence-corrected chi connectivity index (χ0v) is 12.4. The molecule has 20 heavy (non-hydrogen) atoms. The number of carbonyl (C=O) groups excluding carboxylic acids is 1. The molecule has 0 saturated carbocycles. The molecule has 1 aliphatic heterocycles. The Kier molecular flexibility index (Phi) is 5.41. The summed E-state index contributed by atoms with van der Waals surface area (Å²) in [6.45, 7) is 6.39. The first kappa shape index (κ1) is 14.9. The zero-order chi connectivity index (χ0) is 14.4. The molecule has 2 rings (SSSR count). The SMILES string of the molecule is CCCNc1ccc(C)cc1C(=O)NCC1CCCO1. The standard InChI is InChI=1S/C16H24N2O2/c1-3-8-17-15-7-6-12(2)10-14(15)16(19)18-11-13-5-4-9-20-13/h6-7,10,13,17H,3-5,8-9,11H2,1-2H3,(H,18,19). The van der Waals surface area contributed by atoms with Crippen LogP contribution in [0.4, 0.5) is 5.69 Å². The molecule has 1 atom stereocenters. The van der Waals surface area contributed by atoms with Gasteiger partial charge in [-0.25, -0.2) is 0 Å². The largest absolute Gasteiger partial charge is 0.384 e. The second kappa shape index (κ2) is 7.29. The third kappa shape index (κ3) is 3.97. The van der Waals surface area contributed by atoms with E-state index in [1.807, 2.05) is 25.1 Å². The van der Waals surface area contributed by atoms with Gasteiger partial charge in [-0.2, -0.15) is 0 Å². The summed E-state index contributed by atoms with van der Waals surface area (Å²) in [7, 11) is 0. The van der Waals surface area contributed by atoms with Crippen molar-refractivity contribution >= 4 is 11.6 Å². The Morgan fingerprint density at radius 2 is 2.30 bits per heavy atom. The number of rotatable bonds is 6. The van der Waals surface area contributed by atoms with Crippen molar-refractivity contribution in [3.05, 3.63) is 29.3 Å². The van der Waals surface area contributed by atoms with Crippen molar-refractivity contribution in [3.8, 4) is 0 Å². The van der Waals surface area contributed by atoms with Crippen LogP contribution in [0.25, 0.3) is 0 Å². The van der Waals surface area contributed by atoms with Crippen molar-refractivity contribution in [2.75, 3.05) is 25.0 Å². The highest BCUT2D eigenvalue weighted by atomic mass is 16.5. The molecule has 1 aromatic carbocycles. The quantitative estimate of drug-likeness (QED) is 0.840. The first-order chi connectivity index (χ1) is 9.70. The van der Waals surface area contributed by atoms with Crippen LogP contribution in [0.5, 0.6) is 0 Å². The first-order valence-corrected chi connectivity index (χ1v) is 7.45. The van der Waals surface area contributed by atoms with E-state index in [-0.39, 0.29) is 12.0 Å². The Morgan fingerprint density at radius 1 is 1.45 bits per heavy atom. The average Bonchev–Trinajstić information content (AvgIpc) is 2.96. The van der Waals surface area contributed by atoms with Crippen LogP contribution in [0.1, 0.15) is 42.1 Å². The van der Waals surface area contributed by atoms with E-state index < -0.39 is 0 Å². The van der Waals surface area contributed by atoms with Gasteiger partial charge >= 0.3 is 0 Å². The summed E-state index contributed by atoms with van der Waals surface area (Å²) in [5, 5.41) is 6.29. The van der Waals surface area contributed by atoms with Gasteiger partial charge in [0.1, 0.15) is 0 Å². The van der Waals surface area contributed by atoms with E-state index in [4.69, 9.17) is 4.74 Å². The summed E-state index contributed by atoms with van der Waals surface area (Å²) in [5.74, 6) is -0.0252. The molecule has 0 aliphatic carbocycles. The minimum atomic E-state index is -0.0252. The van der Waals surface area contributed by atoms with Crippen LogP contribution in [-0.2, 0) is 4.74 Å². The summed E-state index contributed by atoms with van der Waals surface area (Å²) >= 11 is 0. The van der Waals surface area contributed by atoms with Crippen LogP contribution >= 0.6 is 0 Å². The molecular formula is C16H24N2O2. The minimum absolute atomic E-state index is 0.0252. The van der Waals surface area contributed by atoms with Gasteiger partial charge in [-0.3, -0.25) is 4.79 Å². The molecule has 4 nitrogen and oxygen atoms in total. The fourth-order valence-corrected chi connectivity index (χ4v) is 2.37. The molecule has 1 unspecified atom stereocenters. The van der Waals surface area contributed by atoms with E-state index >= 15 is 0 Å². The third-order valence-electron chi connectivity index (χ3n) is 3.50. The van der Waals surface area contributed by atoms with Crippen LogP contribution in [0.15, 0.2) is 18.2 Å². The second-order valence-electron chi connectivity index (χ2n) is 5.32. The van der Waals surface area contributed by atoms with E-state index in [0.29, 0.717) is 6.54 Å². The molecule has 4 heteroatoms. The van der Waals surface area contributed by atoms with Gasteiger partial charge in [0.05, 0.1) is 11.7 Å². The number of carbonyl (C=O) groups is 1. The molecule has 1 aliphatic rings. The lowest BCUT2D eigenvalue weighted by Crippen LogP contribution is -2.32. The number of aryl methyl sites for hydroxylation is 1. The monoisotopic (exact) mass is 276 g/mol. The molecule has 1 saturated heterocycles. The lowest BCUT2D eigenvalue weighted by atomic mass is 10.1. The number of ether oxygens (including phenoxy) is 1. The predicted molar refractivity (Wildman–Crippen MR) is 81.3 cm³/mol. The van der Waals surface area contributed by atoms with E-state index in [2.05, 4.69) is 17.6 Å². The molecule has 1 heterocycles. The van der Waals surface area contributed by atoms with E-state index in [9.17, 15) is 4.79 Å². The lowest BCUT2D eigenvalue weighted by Gasteiger charge is -2.14. The van der Waals surface area contributed by atoms with Crippen LogP contribution in [0, 0.1) is 6.92 Å². The number of amides is 1. The highest BCUT2D eigenvalue weighted by Gasteiger charge is 2.18. The van der Waals surface area contributed by atoms with Crippen molar-refractivity contribution in [1.82, 2.24) is 5.32 Å². The molecular weight excluding hydrogens is 252 g/mol. The Bertz CT molecular complexity index is 454. The first-order valence-electron chi connectivity index (χ1n) is 7.45. The fraction of sp³-hybridized carbons (Fsp3) is 0.562. The van der Waals surface area contributed by atoms with Gasteiger partial charge in [-0.05, 0) is 38.3 Å². The highest BCUT2D eigenvalue weighted by Crippen LogP contribution is 2.18. The van der Waals surface area contributed by atoms with Gasteiger partial charge < -0.3 is 15.4 Å². The smallest absolute Gasteiger partial charge is 0.253 e. The van der Waals surface area contributed by atoms with Crippen molar-refractivity contribution < 1.29 is 9.53 Å². The minimum Gasteiger partial charge on any atom is -0.384 e. The van der Waals surface area contributed by atoms with Gasteiger partial charge in [0.25, 0.3) is 5.91 Å². The Morgan fingerprint density at radius 3 is 3.00 bits per heavy atom. The second-order valence-corrected chi connectivity index (χ2v) is 5.32. The molecule has 0 spiro atoms. The summed E-state index contributed by atoms with van der Waals surface area (Å²) in [5.41, 5.74) is 2.72. The maximum absolute atomic E-state index is 12.3. The normalized spacial score (nSPS) is 18.0. The molecule has 0 bridgehead atoms. The molecule has 0 radical (unpaired) electrons. The van der Waals surface area contributed by atoms with Gasteiger partial charge in [0.2, 0.25) is 0 Å². The van der Waals surface area contributed by atoms with Crippen molar-refractivity contribution in [2.45, 2.75) is 39.2 Å². The number of nitrogens with one attached hydrogen (secondary N) is 2. The van der Waals surface area contributed by atoms with Crippen LogP contribution in [0.2, 0.25) is 0 Å². The maximum Gasteiger partial charge on any atom is 0.253 e. The Balaban J connectivity index is 2.00. The molecule has 110 valence electrons. The Hall–Kier alpha value is -1.55. The van der Waals surface area contributed by atoms with E-state index in [1.165, 1.54) is 0 Å². The average molecular weight is 276 g/mol. The van der Waals surface area contributed by atoms with E-state index in [0.717, 1.165) is 49.2 Å². The lowest BCUT2D eigenvalue weighted by molar-refractivity contribution is 0.0858. The van der Waals surface area contributed by atoms with Crippen molar-refractivity contribution in [3.63, 3.8) is 0 Å². The Labute approximate surface area is 120 Å². The van der Waals surface area contributed by atoms with E-state index in [1.54, 1.807) is 0 Å². The van der Waals surface area contributed by atoms with Gasteiger partial charge in [-0.1, -0.05) is 18.6 Å². The number of anilines is 1. The number of benzene rings is 1. The number of hydrogen-bond donors (Lipinski definition) is 2. The zero-order valence-electron chi connectivity index (χ0n) is 12.4. The van der Waals surface area contributed by atoms with Crippen molar-refractivity contribution in [1.29, 1.82) is 0 Å². The predicted octanol–water partition coefficient (Wildman–Crippen LogP) is 2.73. The van der Waals surface area contributed by atoms with Crippen LogP contribution < -0.4 is 10.6 Å². The summed E-state index contributed by atoms with van der Waals surface area (Å²) in [6, 6.07) is 5.93. The van der Waals surface area contributed by atoms with Gasteiger partial charge in [0, 0.05) is 25.4 Å². The van der Waals surface area contributed by atoms with Crippen molar-refractivity contribution in [2.24, 2.45) is 0 Å². The van der Waals surface area contributed by atoms with Crippen LogP contribution in [-0.4, -0.2) is 31.7 Å². The maximum atomic E-state index is 12.3. The summed E-state index contributed by atoms with van der Waals surface area (Å²) in [6.07, 6.45) is 3.34. The molecule has 2 N–H and O–H groups in total. The molecule has 1 fully saturated rings. The summed E-state index contributed by atoms with van der Waals surface area (Å²) in [4.78, 5) is 12.3. The highest BCUT2D eigenvalue weighted by molar-refractivity contribution is 5.99. The molecule has 1 amide bonds. The van der Waals surface area contributed by atoms with Gasteiger partial charge in [0.15, 0.2) is 0 Å². The van der Waals surface area contributed by atoms with Gasteiger partial charge in [-0.15, -0.1) is 0 Å². The number of hydrogen-bond acceptors (Lipinski definition) is 3. The fourth-order valence-electron chi connectivity index (χ4n) is 2.37. The third-order valence-corrected chi connectivity index (χ3v) is 3.50.